The lowest BCUT2D eigenvalue weighted by atomic mass is 9.65. The molecule has 3 aliphatic rings. The summed E-state index contributed by atoms with van der Waals surface area (Å²) < 4.78 is 28.1. The molecule has 0 fully saturated rings. The number of benzene rings is 3. The van der Waals surface area contributed by atoms with Crippen molar-refractivity contribution in [1.29, 1.82) is 0 Å². The van der Waals surface area contributed by atoms with Crippen LogP contribution in [0.3, 0.4) is 0 Å². The minimum absolute atomic E-state index is 0.113. The van der Waals surface area contributed by atoms with E-state index in [0.29, 0.717) is 35.3 Å². The third-order valence-corrected chi connectivity index (χ3v) is 7.28. The fourth-order valence-corrected chi connectivity index (χ4v) is 5.66. The number of hydrogen-bond donors (Lipinski definition) is 1. The van der Waals surface area contributed by atoms with Crippen molar-refractivity contribution in [2.24, 2.45) is 16.9 Å². The maximum absolute atomic E-state index is 13.0. The Morgan fingerprint density at radius 3 is 2.27 bits per heavy atom. The highest BCUT2D eigenvalue weighted by molar-refractivity contribution is 6.09. The highest BCUT2D eigenvalue weighted by Gasteiger charge is 2.50. The average Bonchev–Trinajstić information content (AvgIpc) is 3.57. The van der Waals surface area contributed by atoms with Crippen LogP contribution in [0.5, 0.6) is 28.7 Å². The number of aliphatic carboxylic acids is 1. The largest absolute Gasteiger partial charge is 0.493 e. The zero-order valence-corrected chi connectivity index (χ0v) is 20.6. The van der Waals surface area contributed by atoms with Gasteiger partial charge in [-0.2, -0.15) is 5.10 Å². The van der Waals surface area contributed by atoms with Gasteiger partial charge < -0.3 is 28.8 Å². The monoisotopic (exact) mass is 502 g/mol. The summed E-state index contributed by atoms with van der Waals surface area (Å²) >= 11 is 0. The smallest absolute Gasteiger partial charge is 0.308 e. The number of fused-ring (bicyclic) bond motifs is 4. The van der Waals surface area contributed by atoms with E-state index >= 15 is 0 Å². The molecule has 3 atom stereocenters. The average molecular weight is 503 g/mol. The van der Waals surface area contributed by atoms with Crippen LogP contribution in [0.1, 0.15) is 22.6 Å². The molecule has 6 rings (SSSR count). The number of methoxy groups -OCH3 is 3. The number of carbonyl (C=O) groups is 1. The van der Waals surface area contributed by atoms with Gasteiger partial charge in [0.15, 0.2) is 23.0 Å². The first-order chi connectivity index (χ1) is 18.0. The van der Waals surface area contributed by atoms with Gasteiger partial charge in [0.2, 0.25) is 12.5 Å². The van der Waals surface area contributed by atoms with Crippen LogP contribution in [0, 0.1) is 11.8 Å². The van der Waals surface area contributed by atoms with Crippen LogP contribution in [-0.4, -0.2) is 51.5 Å². The number of hydrazone groups is 1. The number of rotatable bonds is 6. The molecule has 9 heteroatoms. The van der Waals surface area contributed by atoms with Gasteiger partial charge in [-0.15, -0.1) is 0 Å². The van der Waals surface area contributed by atoms with Gasteiger partial charge in [0, 0.05) is 17.4 Å². The van der Waals surface area contributed by atoms with Crippen LogP contribution in [0.25, 0.3) is 0 Å². The maximum Gasteiger partial charge on any atom is 0.308 e. The highest BCUT2D eigenvalue weighted by Crippen LogP contribution is 2.52. The summed E-state index contributed by atoms with van der Waals surface area (Å²) in [6.07, 6.45) is 0. The second kappa shape index (κ2) is 8.92. The predicted octanol–water partition coefficient (Wildman–Crippen LogP) is 4.13. The molecule has 0 radical (unpaired) electrons. The minimum Gasteiger partial charge on any atom is -0.493 e. The Kier molecular flexibility index (Phi) is 5.55. The Bertz CT molecular complexity index is 1380. The molecular formula is C28H26N2O7. The van der Waals surface area contributed by atoms with Crippen molar-refractivity contribution in [3.8, 4) is 28.7 Å². The van der Waals surface area contributed by atoms with Crippen LogP contribution >= 0.6 is 0 Å². The fourth-order valence-electron chi connectivity index (χ4n) is 5.66. The lowest BCUT2D eigenvalue weighted by Crippen LogP contribution is -2.41. The number of carboxylic acid groups (broad SMARTS) is 1. The van der Waals surface area contributed by atoms with E-state index in [1.54, 1.807) is 14.2 Å². The molecule has 0 saturated heterocycles. The van der Waals surface area contributed by atoms with Crippen LogP contribution in [-0.2, 0) is 4.79 Å². The molecule has 0 bridgehead atoms. The predicted molar refractivity (Wildman–Crippen MR) is 135 cm³/mol. The zero-order valence-electron chi connectivity index (χ0n) is 20.6. The van der Waals surface area contributed by atoms with Crippen molar-refractivity contribution >= 4 is 17.4 Å². The first-order valence-electron chi connectivity index (χ1n) is 11.9. The highest BCUT2D eigenvalue weighted by atomic mass is 16.7. The first-order valence-corrected chi connectivity index (χ1v) is 11.9. The lowest BCUT2D eigenvalue weighted by molar-refractivity contribution is -0.143. The molecule has 3 aromatic rings. The van der Waals surface area contributed by atoms with Crippen molar-refractivity contribution in [2.45, 2.75) is 5.92 Å². The summed E-state index contributed by atoms with van der Waals surface area (Å²) in [5.41, 5.74) is 4.02. The second-order valence-electron chi connectivity index (χ2n) is 9.10. The lowest BCUT2D eigenvalue weighted by Gasteiger charge is -2.36. The quantitative estimate of drug-likeness (QED) is 0.537. The minimum atomic E-state index is -0.908. The molecule has 0 amide bonds. The number of hydrogen-bond acceptors (Lipinski definition) is 8. The van der Waals surface area contributed by atoms with E-state index in [9.17, 15) is 9.90 Å². The standard InChI is InChI=1S/C28H26N2O7/c1-33-22-9-15(10-23(34-2)27(22)35-3)24-17-11-20-21(37-14-36-20)12-18(17)26-19(25(24)28(31)32)13-30(29-26)16-7-5-4-6-8-16/h4-12,19,24-25H,13-14H2,1-3H3,(H,31,32)/t19-,24+,25+/m1/s1. The summed E-state index contributed by atoms with van der Waals surface area (Å²) in [7, 11) is 4.63. The Hall–Kier alpha value is -4.40. The fraction of sp³-hybridized carbons (Fsp3) is 0.286. The second-order valence-corrected chi connectivity index (χ2v) is 9.10. The van der Waals surface area contributed by atoms with E-state index in [-0.39, 0.29) is 12.7 Å². The summed E-state index contributed by atoms with van der Waals surface area (Å²) in [6, 6.07) is 17.2. The van der Waals surface area contributed by atoms with Gasteiger partial charge >= 0.3 is 5.97 Å². The summed E-state index contributed by atoms with van der Waals surface area (Å²) in [4.78, 5) is 13.0. The van der Waals surface area contributed by atoms with Crippen molar-refractivity contribution in [3.05, 3.63) is 71.3 Å². The Labute approximate surface area is 213 Å². The summed E-state index contributed by atoms with van der Waals surface area (Å²) in [6.45, 7) is 0.548. The number of para-hydroxylation sites is 1. The molecule has 1 aliphatic carbocycles. The molecular weight excluding hydrogens is 476 g/mol. The van der Waals surface area contributed by atoms with Gasteiger partial charge in [-0.25, -0.2) is 0 Å². The first kappa shape index (κ1) is 23.0. The third-order valence-electron chi connectivity index (χ3n) is 7.28. The molecule has 9 nitrogen and oxygen atoms in total. The SMILES string of the molecule is COc1cc([C@H]2c3cc4c(cc3C3=NN(c5ccccc5)C[C@@H]3[C@@H]2C(=O)O)OCO4)cc(OC)c1OC. The number of ether oxygens (including phenoxy) is 5. The van der Waals surface area contributed by atoms with E-state index < -0.39 is 17.8 Å². The van der Waals surface area contributed by atoms with Crippen molar-refractivity contribution in [1.82, 2.24) is 0 Å². The number of anilines is 1. The van der Waals surface area contributed by atoms with Gasteiger partial charge in [-0.3, -0.25) is 9.80 Å². The molecule has 2 heterocycles. The zero-order chi connectivity index (χ0) is 25.7. The molecule has 0 spiro atoms. The van der Waals surface area contributed by atoms with Crippen LogP contribution in [0.4, 0.5) is 5.69 Å². The van der Waals surface area contributed by atoms with Crippen molar-refractivity contribution in [2.75, 3.05) is 39.7 Å². The summed E-state index contributed by atoms with van der Waals surface area (Å²) in [5.74, 6) is -0.0446. The maximum atomic E-state index is 13.0. The van der Waals surface area contributed by atoms with Gasteiger partial charge in [-0.1, -0.05) is 18.2 Å². The van der Waals surface area contributed by atoms with Gasteiger partial charge in [0.25, 0.3) is 0 Å². The number of carboxylic acids is 1. The summed E-state index contributed by atoms with van der Waals surface area (Å²) in [5, 5.41) is 17.4. The van der Waals surface area contributed by atoms with E-state index in [1.165, 1.54) is 7.11 Å². The van der Waals surface area contributed by atoms with Gasteiger partial charge in [-0.05, 0) is 47.5 Å². The Morgan fingerprint density at radius 2 is 1.65 bits per heavy atom. The molecule has 2 aliphatic heterocycles. The topological polar surface area (TPSA) is 99.1 Å². The number of nitrogens with zero attached hydrogens (tertiary/aromatic N) is 2. The van der Waals surface area contributed by atoms with Crippen LogP contribution in [0.2, 0.25) is 0 Å². The van der Waals surface area contributed by atoms with Crippen LogP contribution < -0.4 is 28.7 Å². The van der Waals surface area contributed by atoms with Gasteiger partial charge in [0.1, 0.15) is 0 Å². The van der Waals surface area contributed by atoms with E-state index in [2.05, 4.69) is 0 Å². The Morgan fingerprint density at radius 1 is 0.973 bits per heavy atom. The molecule has 190 valence electrons. The van der Waals surface area contributed by atoms with Crippen molar-refractivity contribution < 1.29 is 33.6 Å². The normalized spacial score (nSPS) is 21.1. The van der Waals surface area contributed by atoms with Crippen LogP contribution in [0.15, 0.2) is 59.7 Å². The van der Waals surface area contributed by atoms with E-state index in [0.717, 1.165) is 28.1 Å². The van der Waals surface area contributed by atoms with Gasteiger partial charge in [0.05, 0.1) is 45.2 Å². The molecule has 1 N–H and O–H groups in total. The van der Waals surface area contributed by atoms with Crippen molar-refractivity contribution in [3.63, 3.8) is 0 Å². The molecule has 37 heavy (non-hydrogen) atoms. The Balaban J connectivity index is 1.57. The van der Waals surface area contributed by atoms with E-state index in [4.69, 9.17) is 28.8 Å². The molecule has 0 unspecified atom stereocenters. The molecule has 0 aromatic heterocycles. The molecule has 0 saturated carbocycles. The third kappa shape index (κ3) is 3.61. The molecule has 3 aromatic carbocycles. The van der Waals surface area contributed by atoms with E-state index in [1.807, 2.05) is 59.6 Å².